The highest BCUT2D eigenvalue weighted by molar-refractivity contribution is 5.85. The molecule has 0 radical (unpaired) electrons. The Morgan fingerprint density at radius 1 is 1.00 bits per heavy atom. The minimum Gasteiger partial charge on any atom is -0.487 e. The molecular formula is C20H25NO3. The van der Waals surface area contributed by atoms with Crippen LogP contribution in [0.3, 0.4) is 0 Å². The predicted octanol–water partition coefficient (Wildman–Crippen LogP) is 4.87. The van der Waals surface area contributed by atoms with E-state index in [4.69, 9.17) is 9.84 Å². The highest BCUT2D eigenvalue weighted by Gasteiger charge is 2.04. The number of nitrogens with zero attached hydrogens (tertiary/aromatic N) is 1. The molecule has 128 valence electrons. The van der Waals surface area contributed by atoms with E-state index in [0.717, 1.165) is 12.0 Å². The molecule has 2 aromatic rings. The first-order valence-corrected chi connectivity index (χ1v) is 8.59. The molecule has 24 heavy (non-hydrogen) atoms. The van der Waals surface area contributed by atoms with Gasteiger partial charge in [0.15, 0.2) is 0 Å². The summed E-state index contributed by atoms with van der Waals surface area (Å²) in [6.45, 7) is 2.68. The third kappa shape index (κ3) is 6.03. The summed E-state index contributed by atoms with van der Waals surface area (Å²) in [5.74, 6) is -0.466. The van der Waals surface area contributed by atoms with Crippen molar-refractivity contribution in [3.8, 4) is 5.75 Å². The van der Waals surface area contributed by atoms with Crippen molar-refractivity contribution >= 4 is 5.97 Å². The summed E-state index contributed by atoms with van der Waals surface area (Å²) in [6, 6.07) is 11.6. The van der Waals surface area contributed by atoms with Crippen molar-refractivity contribution in [2.45, 2.75) is 52.1 Å². The van der Waals surface area contributed by atoms with E-state index >= 15 is 0 Å². The number of aromatic carboxylic acids is 1. The Hall–Kier alpha value is -2.36. The summed E-state index contributed by atoms with van der Waals surface area (Å²) in [4.78, 5) is 14.6. The van der Waals surface area contributed by atoms with E-state index in [9.17, 15) is 4.79 Å². The maximum absolute atomic E-state index is 10.7. The van der Waals surface area contributed by atoms with E-state index in [2.05, 4.69) is 36.2 Å². The van der Waals surface area contributed by atoms with Gasteiger partial charge in [-0.3, -0.25) is 0 Å². The van der Waals surface area contributed by atoms with Crippen LogP contribution >= 0.6 is 0 Å². The van der Waals surface area contributed by atoms with Crippen molar-refractivity contribution in [1.29, 1.82) is 0 Å². The number of ether oxygens (including phenoxy) is 1. The lowest BCUT2D eigenvalue weighted by Crippen LogP contribution is -2.01. The first-order chi connectivity index (χ1) is 11.7. The molecule has 0 bridgehead atoms. The number of aromatic nitrogens is 1. The molecule has 0 aliphatic rings. The van der Waals surface area contributed by atoms with Crippen LogP contribution in [0.25, 0.3) is 0 Å². The van der Waals surface area contributed by atoms with Gasteiger partial charge < -0.3 is 9.84 Å². The van der Waals surface area contributed by atoms with Crippen LogP contribution in [0.1, 0.15) is 60.6 Å². The van der Waals surface area contributed by atoms with Crippen molar-refractivity contribution < 1.29 is 14.6 Å². The van der Waals surface area contributed by atoms with Crippen LogP contribution in [-0.2, 0) is 13.0 Å². The molecule has 0 saturated heterocycles. The molecule has 0 atom stereocenters. The number of rotatable bonds is 10. The van der Waals surface area contributed by atoms with Crippen molar-refractivity contribution in [1.82, 2.24) is 4.98 Å². The Morgan fingerprint density at radius 3 is 2.33 bits per heavy atom. The topological polar surface area (TPSA) is 59.4 Å². The monoisotopic (exact) mass is 327 g/mol. The predicted molar refractivity (Wildman–Crippen MR) is 94.4 cm³/mol. The number of hydrogen-bond donors (Lipinski definition) is 1. The lowest BCUT2D eigenvalue weighted by Gasteiger charge is -2.07. The molecule has 0 aliphatic heterocycles. The smallest absolute Gasteiger partial charge is 0.354 e. The van der Waals surface area contributed by atoms with E-state index in [1.807, 2.05) is 0 Å². The number of pyridine rings is 1. The fourth-order valence-electron chi connectivity index (χ4n) is 2.49. The Balaban J connectivity index is 1.76. The maximum Gasteiger partial charge on any atom is 0.354 e. The van der Waals surface area contributed by atoms with Gasteiger partial charge in [-0.25, -0.2) is 9.78 Å². The summed E-state index contributed by atoms with van der Waals surface area (Å²) >= 11 is 0. The largest absolute Gasteiger partial charge is 0.487 e. The van der Waals surface area contributed by atoms with Gasteiger partial charge in [0.2, 0.25) is 0 Å². The molecule has 0 fully saturated rings. The van der Waals surface area contributed by atoms with E-state index in [1.165, 1.54) is 49.9 Å². The van der Waals surface area contributed by atoms with Gasteiger partial charge >= 0.3 is 5.97 Å². The van der Waals surface area contributed by atoms with E-state index in [1.54, 1.807) is 6.07 Å². The molecule has 0 saturated carbocycles. The van der Waals surface area contributed by atoms with Crippen LogP contribution in [0.15, 0.2) is 42.6 Å². The fourth-order valence-corrected chi connectivity index (χ4v) is 2.49. The highest BCUT2D eigenvalue weighted by Crippen LogP contribution is 2.14. The summed E-state index contributed by atoms with van der Waals surface area (Å²) in [6.07, 6.45) is 9.06. The maximum atomic E-state index is 10.7. The van der Waals surface area contributed by atoms with Crippen LogP contribution in [0, 0.1) is 0 Å². The van der Waals surface area contributed by atoms with Crippen LogP contribution in [0.5, 0.6) is 5.75 Å². The van der Waals surface area contributed by atoms with Crippen molar-refractivity contribution in [2.24, 2.45) is 0 Å². The van der Waals surface area contributed by atoms with Crippen LogP contribution in [0.2, 0.25) is 0 Å². The number of carboxylic acid groups (broad SMARTS) is 1. The van der Waals surface area contributed by atoms with Gasteiger partial charge in [-0.05, 0) is 36.1 Å². The standard InChI is InChI=1S/C20H25NO3/c1-2-3-4-5-6-7-16-8-10-17(11-9-16)15-24-18-12-13-19(20(22)23)21-14-18/h8-14H,2-7,15H2,1H3,(H,22,23). The zero-order valence-corrected chi connectivity index (χ0v) is 14.2. The Labute approximate surface area is 143 Å². The number of carboxylic acids is 1. The summed E-state index contributed by atoms with van der Waals surface area (Å²) in [5, 5.41) is 8.81. The van der Waals surface area contributed by atoms with Gasteiger partial charge in [-0.15, -0.1) is 0 Å². The number of benzene rings is 1. The quantitative estimate of drug-likeness (QED) is 0.632. The summed E-state index contributed by atoms with van der Waals surface area (Å²) in [7, 11) is 0. The van der Waals surface area contributed by atoms with E-state index < -0.39 is 5.97 Å². The number of unbranched alkanes of at least 4 members (excludes halogenated alkanes) is 4. The lowest BCUT2D eigenvalue weighted by atomic mass is 10.0. The van der Waals surface area contributed by atoms with Gasteiger partial charge in [-0.1, -0.05) is 56.9 Å². The Bertz CT molecular complexity index is 620. The zero-order valence-electron chi connectivity index (χ0n) is 14.2. The Morgan fingerprint density at radius 2 is 1.71 bits per heavy atom. The average Bonchev–Trinajstić information content (AvgIpc) is 2.61. The molecule has 4 heteroatoms. The number of hydrogen-bond acceptors (Lipinski definition) is 3. The van der Waals surface area contributed by atoms with Gasteiger partial charge in [-0.2, -0.15) is 0 Å². The second kappa shape index (κ2) is 9.71. The second-order valence-electron chi connectivity index (χ2n) is 5.95. The van der Waals surface area contributed by atoms with E-state index in [-0.39, 0.29) is 5.69 Å². The molecule has 1 aromatic heterocycles. The zero-order chi connectivity index (χ0) is 17.2. The van der Waals surface area contributed by atoms with Gasteiger partial charge in [0.05, 0.1) is 6.20 Å². The molecule has 4 nitrogen and oxygen atoms in total. The normalized spacial score (nSPS) is 10.5. The molecular weight excluding hydrogens is 302 g/mol. The van der Waals surface area contributed by atoms with Crippen molar-refractivity contribution in [2.75, 3.05) is 0 Å². The number of aryl methyl sites for hydroxylation is 1. The van der Waals surface area contributed by atoms with Crippen molar-refractivity contribution in [3.05, 3.63) is 59.4 Å². The second-order valence-corrected chi connectivity index (χ2v) is 5.95. The highest BCUT2D eigenvalue weighted by atomic mass is 16.5. The van der Waals surface area contributed by atoms with Crippen LogP contribution in [0.4, 0.5) is 0 Å². The van der Waals surface area contributed by atoms with Crippen LogP contribution in [-0.4, -0.2) is 16.1 Å². The molecule has 0 amide bonds. The van der Waals surface area contributed by atoms with Gasteiger partial charge in [0.1, 0.15) is 18.1 Å². The molecule has 0 aliphatic carbocycles. The van der Waals surface area contributed by atoms with Gasteiger partial charge in [0, 0.05) is 0 Å². The molecule has 0 spiro atoms. The minimum atomic E-state index is -1.04. The number of carbonyl (C=O) groups is 1. The molecule has 1 heterocycles. The Kier molecular flexibility index (Phi) is 7.27. The third-order valence-corrected chi connectivity index (χ3v) is 3.95. The van der Waals surface area contributed by atoms with Crippen LogP contribution < -0.4 is 4.74 Å². The minimum absolute atomic E-state index is 0.0191. The van der Waals surface area contributed by atoms with E-state index in [0.29, 0.717) is 12.4 Å². The van der Waals surface area contributed by atoms with Crippen molar-refractivity contribution in [3.63, 3.8) is 0 Å². The third-order valence-electron chi connectivity index (χ3n) is 3.95. The molecule has 1 aromatic carbocycles. The fraction of sp³-hybridized carbons (Fsp3) is 0.400. The van der Waals surface area contributed by atoms with Gasteiger partial charge in [0.25, 0.3) is 0 Å². The first-order valence-electron chi connectivity index (χ1n) is 8.59. The lowest BCUT2D eigenvalue weighted by molar-refractivity contribution is 0.0690. The molecule has 2 rings (SSSR count). The molecule has 1 N–H and O–H groups in total. The summed E-state index contributed by atoms with van der Waals surface area (Å²) in [5.41, 5.74) is 2.47. The first kappa shape index (κ1) is 18.0. The summed E-state index contributed by atoms with van der Waals surface area (Å²) < 4.78 is 5.64. The molecule has 0 unspecified atom stereocenters. The SMILES string of the molecule is CCCCCCCc1ccc(COc2ccc(C(=O)O)nc2)cc1. The average molecular weight is 327 g/mol.